The fourth-order valence-corrected chi connectivity index (χ4v) is 3.05. The van der Waals surface area contributed by atoms with Crippen molar-refractivity contribution in [3.63, 3.8) is 0 Å². The van der Waals surface area contributed by atoms with Crippen LogP contribution in [0, 0.1) is 18.3 Å². The maximum absolute atomic E-state index is 13.0. The standard InChI is InChI=1S/C18H22N6O/c1-14-7-5-12-24-16(14)22-17(23-10-3-2-4-11-23)15(18(24)25)13-21-20-9-6-8-19/h5,7,12-13,20H,2-4,6,9-11H2,1H3. The second-order valence-corrected chi connectivity index (χ2v) is 6.16. The van der Waals surface area contributed by atoms with Gasteiger partial charge in [0, 0.05) is 25.8 Å². The molecule has 0 aromatic carbocycles. The van der Waals surface area contributed by atoms with Crippen molar-refractivity contribution in [2.45, 2.75) is 32.6 Å². The third kappa shape index (κ3) is 3.63. The Labute approximate surface area is 146 Å². The first-order valence-electron chi connectivity index (χ1n) is 8.62. The Bertz CT molecular complexity index is 873. The molecule has 7 nitrogen and oxygen atoms in total. The molecule has 1 fully saturated rings. The van der Waals surface area contributed by atoms with Crippen LogP contribution in [0.15, 0.2) is 28.2 Å². The minimum absolute atomic E-state index is 0.125. The van der Waals surface area contributed by atoms with E-state index in [0.717, 1.165) is 31.5 Å². The van der Waals surface area contributed by atoms with Crippen molar-refractivity contribution in [2.24, 2.45) is 5.10 Å². The zero-order chi connectivity index (χ0) is 17.6. The lowest BCUT2D eigenvalue weighted by molar-refractivity contribution is 0.573. The van der Waals surface area contributed by atoms with Crippen molar-refractivity contribution in [3.8, 4) is 6.07 Å². The summed E-state index contributed by atoms with van der Waals surface area (Å²) in [5.74, 6) is 0.699. The van der Waals surface area contributed by atoms with Crippen molar-refractivity contribution in [1.29, 1.82) is 5.26 Å². The lowest BCUT2D eigenvalue weighted by Gasteiger charge is -2.29. The van der Waals surface area contributed by atoms with Crippen LogP contribution in [-0.2, 0) is 0 Å². The molecule has 0 spiro atoms. The maximum Gasteiger partial charge on any atom is 0.268 e. The lowest BCUT2D eigenvalue weighted by atomic mass is 10.1. The zero-order valence-electron chi connectivity index (χ0n) is 14.4. The average Bonchev–Trinajstić information content (AvgIpc) is 2.64. The molecule has 1 N–H and O–H groups in total. The highest BCUT2D eigenvalue weighted by Crippen LogP contribution is 2.20. The highest BCUT2D eigenvalue weighted by molar-refractivity contribution is 5.86. The van der Waals surface area contributed by atoms with Crippen LogP contribution in [0.2, 0.25) is 0 Å². The Morgan fingerprint density at radius 2 is 2.20 bits per heavy atom. The SMILES string of the molecule is Cc1cccn2c(=O)c(C=NNCCC#N)c(N3CCCCC3)nc12. The summed E-state index contributed by atoms with van der Waals surface area (Å²) >= 11 is 0. The number of hydrazone groups is 1. The number of hydrogen-bond donors (Lipinski definition) is 1. The summed E-state index contributed by atoms with van der Waals surface area (Å²) in [4.78, 5) is 20.0. The van der Waals surface area contributed by atoms with Gasteiger partial charge in [-0.25, -0.2) is 4.98 Å². The van der Waals surface area contributed by atoms with E-state index in [0.29, 0.717) is 30.0 Å². The van der Waals surface area contributed by atoms with Crippen LogP contribution in [0.3, 0.4) is 0 Å². The molecule has 7 heteroatoms. The minimum Gasteiger partial charge on any atom is -0.356 e. The van der Waals surface area contributed by atoms with Gasteiger partial charge >= 0.3 is 0 Å². The first kappa shape index (κ1) is 17.0. The molecular weight excluding hydrogens is 316 g/mol. The van der Waals surface area contributed by atoms with Gasteiger partial charge < -0.3 is 10.3 Å². The summed E-state index contributed by atoms with van der Waals surface area (Å²) < 4.78 is 1.57. The second-order valence-electron chi connectivity index (χ2n) is 6.16. The second kappa shape index (κ2) is 7.79. The van der Waals surface area contributed by atoms with Crippen LogP contribution < -0.4 is 15.9 Å². The molecule has 1 saturated heterocycles. The first-order chi connectivity index (χ1) is 12.2. The number of pyridine rings is 1. The van der Waals surface area contributed by atoms with Gasteiger partial charge in [-0.05, 0) is 37.8 Å². The molecule has 130 valence electrons. The monoisotopic (exact) mass is 338 g/mol. The van der Waals surface area contributed by atoms with E-state index in [9.17, 15) is 4.79 Å². The van der Waals surface area contributed by atoms with Gasteiger partial charge in [-0.15, -0.1) is 0 Å². The molecule has 0 atom stereocenters. The van der Waals surface area contributed by atoms with Crippen molar-refractivity contribution < 1.29 is 0 Å². The number of anilines is 1. The predicted octanol–water partition coefficient (Wildman–Crippen LogP) is 1.83. The molecule has 0 radical (unpaired) electrons. The van der Waals surface area contributed by atoms with Crippen LogP contribution >= 0.6 is 0 Å². The Balaban J connectivity index is 2.06. The fourth-order valence-electron chi connectivity index (χ4n) is 3.05. The Hall–Kier alpha value is -2.88. The van der Waals surface area contributed by atoms with Crippen LogP contribution in [0.5, 0.6) is 0 Å². The number of aryl methyl sites for hydroxylation is 1. The van der Waals surface area contributed by atoms with Crippen molar-refractivity contribution in [2.75, 3.05) is 24.5 Å². The summed E-state index contributed by atoms with van der Waals surface area (Å²) in [5, 5.41) is 12.7. The third-order valence-electron chi connectivity index (χ3n) is 4.35. The van der Waals surface area contributed by atoms with E-state index in [2.05, 4.69) is 15.4 Å². The molecule has 0 aliphatic carbocycles. The van der Waals surface area contributed by atoms with Gasteiger partial charge in [-0.1, -0.05) is 6.07 Å². The Morgan fingerprint density at radius 3 is 2.96 bits per heavy atom. The topological polar surface area (TPSA) is 85.8 Å². The number of nitriles is 1. The smallest absolute Gasteiger partial charge is 0.268 e. The van der Waals surface area contributed by atoms with Crippen molar-refractivity contribution in [3.05, 3.63) is 39.8 Å². The Morgan fingerprint density at radius 1 is 1.40 bits per heavy atom. The number of nitrogens with zero attached hydrogens (tertiary/aromatic N) is 5. The van der Waals surface area contributed by atoms with Crippen LogP contribution in [0.1, 0.15) is 36.8 Å². The van der Waals surface area contributed by atoms with Gasteiger partial charge in [0.05, 0.1) is 18.7 Å². The summed E-state index contributed by atoms with van der Waals surface area (Å²) in [6.07, 6.45) is 7.05. The summed E-state index contributed by atoms with van der Waals surface area (Å²) in [6.45, 7) is 4.21. The molecule has 1 aliphatic heterocycles. The van der Waals surface area contributed by atoms with E-state index >= 15 is 0 Å². The molecule has 3 rings (SSSR count). The number of nitrogens with one attached hydrogen (secondary N) is 1. The van der Waals surface area contributed by atoms with Gasteiger partial charge in [-0.3, -0.25) is 9.20 Å². The van der Waals surface area contributed by atoms with Gasteiger partial charge in [0.1, 0.15) is 17.0 Å². The molecule has 25 heavy (non-hydrogen) atoms. The minimum atomic E-state index is -0.125. The summed E-state index contributed by atoms with van der Waals surface area (Å²) in [7, 11) is 0. The van der Waals surface area contributed by atoms with Crippen LogP contribution in [-0.4, -0.2) is 35.2 Å². The fraction of sp³-hybridized carbons (Fsp3) is 0.444. The van der Waals surface area contributed by atoms with Crippen molar-refractivity contribution >= 4 is 17.7 Å². The van der Waals surface area contributed by atoms with E-state index in [4.69, 9.17) is 10.2 Å². The number of rotatable bonds is 5. The highest BCUT2D eigenvalue weighted by atomic mass is 16.1. The summed E-state index contributed by atoms with van der Waals surface area (Å²) in [6, 6.07) is 5.85. The number of hydrogen-bond acceptors (Lipinski definition) is 6. The van der Waals surface area contributed by atoms with E-state index in [1.807, 2.05) is 25.1 Å². The molecule has 3 heterocycles. The van der Waals surface area contributed by atoms with Crippen molar-refractivity contribution in [1.82, 2.24) is 14.8 Å². The largest absolute Gasteiger partial charge is 0.356 e. The molecule has 0 saturated carbocycles. The quantitative estimate of drug-likeness (QED) is 0.511. The molecule has 2 aromatic rings. The normalized spacial score (nSPS) is 14.8. The lowest BCUT2D eigenvalue weighted by Crippen LogP contribution is -2.34. The number of aromatic nitrogens is 2. The van der Waals surface area contributed by atoms with Crippen LogP contribution in [0.25, 0.3) is 5.65 Å². The third-order valence-corrected chi connectivity index (χ3v) is 4.35. The molecule has 0 bridgehead atoms. The van der Waals surface area contributed by atoms with E-state index < -0.39 is 0 Å². The van der Waals surface area contributed by atoms with Crippen LogP contribution in [0.4, 0.5) is 5.82 Å². The van der Waals surface area contributed by atoms with Gasteiger partial charge in [0.2, 0.25) is 0 Å². The zero-order valence-corrected chi connectivity index (χ0v) is 14.4. The molecule has 2 aromatic heterocycles. The number of piperidine rings is 1. The van der Waals surface area contributed by atoms with Gasteiger partial charge in [0.15, 0.2) is 0 Å². The van der Waals surface area contributed by atoms with Gasteiger partial charge in [-0.2, -0.15) is 10.4 Å². The van der Waals surface area contributed by atoms with E-state index in [1.165, 1.54) is 12.6 Å². The molecule has 0 amide bonds. The molecular formula is C18H22N6O. The maximum atomic E-state index is 13.0. The molecule has 1 aliphatic rings. The number of fused-ring (bicyclic) bond motifs is 1. The predicted molar refractivity (Wildman–Crippen MR) is 98.1 cm³/mol. The van der Waals surface area contributed by atoms with Gasteiger partial charge in [0.25, 0.3) is 5.56 Å². The van der Waals surface area contributed by atoms with E-state index in [1.54, 1.807) is 10.6 Å². The average molecular weight is 338 g/mol. The highest BCUT2D eigenvalue weighted by Gasteiger charge is 2.19. The van der Waals surface area contributed by atoms with E-state index in [-0.39, 0.29) is 5.56 Å². The first-order valence-corrected chi connectivity index (χ1v) is 8.62. The summed E-state index contributed by atoms with van der Waals surface area (Å²) in [5.41, 5.74) is 4.81. The Kier molecular flexibility index (Phi) is 5.29. The molecule has 0 unspecified atom stereocenters.